The van der Waals surface area contributed by atoms with E-state index in [1.165, 1.54) is 103 Å². The summed E-state index contributed by atoms with van der Waals surface area (Å²) in [6.45, 7) is 7.07. The maximum absolute atomic E-state index is 2.51. The number of benzene rings is 11. The molecule has 0 unspecified atom stereocenters. The number of anilines is 3. The van der Waals surface area contributed by atoms with E-state index in [9.17, 15) is 0 Å². The minimum absolute atomic E-state index is 0.105. The molecule has 0 bridgehead atoms. The maximum Gasteiger partial charge on any atom is 0.0546 e. The molecule has 0 N–H and O–H groups in total. The summed E-state index contributed by atoms with van der Waals surface area (Å²) in [6, 6.07) is 94.6. The zero-order valence-corrected chi connectivity index (χ0v) is 40.9. The summed E-state index contributed by atoms with van der Waals surface area (Å²) in [6.07, 6.45) is 0. The number of thiophene rings is 1. The van der Waals surface area contributed by atoms with Crippen molar-refractivity contribution in [2.75, 3.05) is 4.90 Å². The summed E-state index contributed by atoms with van der Waals surface area (Å²) in [5, 5.41) is 5.04. The van der Waals surface area contributed by atoms with Gasteiger partial charge in [0.25, 0.3) is 0 Å². The van der Waals surface area contributed by atoms with Gasteiger partial charge in [0, 0.05) is 47.9 Å². The number of hydrogen-bond donors (Lipinski definition) is 0. The highest BCUT2D eigenvalue weighted by atomic mass is 32.1. The predicted molar refractivity (Wildman–Crippen MR) is 304 cm³/mol. The molecule has 0 saturated heterocycles. The first-order valence-corrected chi connectivity index (χ1v) is 25.6. The average molecular weight is 926 g/mol. The summed E-state index contributed by atoms with van der Waals surface area (Å²) < 4.78 is 2.61. The van der Waals surface area contributed by atoms with E-state index < -0.39 is 0 Å². The van der Waals surface area contributed by atoms with Crippen molar-refractivity contribution < 1.29 is 0 Å². The van der Waals surface area contributed by atoms with Crippen LogP contribution in [-0.2, 0) is 10.8 Å². The fraction of sp³-hybridized carbons (Fsp3) is 0.0725. The third kappa shape index (κ3) is 6.96. The van der Waals surface area contributed by atoms with Crippen LogP contribution in [0.1, 0.15) is 48.6 Å². The van der Waals surface area contributed by atoms with E-state index in [0.717, 1.165) is 17.1 Å². The van der Waals surface area contributed by atoms with E-state index in [-0.39, 0.29) is 10.8 Å². The Bertz CT molecular complexity index is 3920. The molecular formula is C69H51NS. The molecule has 11 aromatic carbocycles. The Kier molecular flexibility index (Phi) is 10.2. The van der Waals surface area contributed by atoms with Gasteiger partial charge in [-0.05, 0) is 127 Å². The van der Waals surface area contributed by atoms with Crippen molar-refractivity contribution >= 4 is 59.3 Å². The SMILES string of the molecule is CC1(C)c2ccccc2-c2cc(N(c3ccc(-c4ccc(C(C)(c5ccccc5)c5ccccc5)cc4)cc3)c3ccc4ccccc4c3-c3ccccc3-c3cccc4sc5ccccc5c34)ccc21. The zero-order valence-electron chi connectivity index (χ0n) is 40.1. The molecule has 71 heavy (non-hydrogen) atoms. The van der Waals surface area contributed by atoms with Crippen LogP contribution in [0.5, 0.6) is 0 Å². The molecule has 1 aliphatic carbocycles. The summed E-state index contributed by atoms with van der Waals surface area (Å²) in [4.78, 5) is 2.51. The van der Waals surface area contributed by atoms with Gasteiger partial charge in [-0.1, -0.05) is 226 Å². The van der Waals surface area contributed by atoms with E-state index in [4.69, 9.17) is 0 Å². The predicted octanol–water partition coefficient (Wildman–Crippen LogP) is 19.3. The molecular weight excluding hydrogens is 875 g/mol. The van der Waals surface area contributed by atoms with Crippen LogP contribution in [0, 0.1) is 0 Å². The molecule has 0 amide bonds. The standard InChI is InChI=1S/C69H51NS/c1-68(2)61-30-16-14-26-56(61)60-45-53(42-43-62(60)68)70(52-40-35-47(36-41-52)46-33-38-51(39-34-46)69(3,49-20-6-4-7-21-49)50-22-8-5-9-23-50)63-44-37-48-19-10-11-24-54(48)66(63)57-27-13-12-25-55(57)58-29-18-32-65-67(58)59-28-15-17-31-64(59)71-65/h4-45H,1-3H3. The number of fused-ring (bicyclic) bond motifs is 7. The molecule has 1 aromatic heterocycles. The molecule has 0 fully saturated rings. The molecule has 338 valence electrons. The first-order valence-electron chi connectivity index (χ1n) is 24.7. The number of hydrogen-bond acceptors (Lipinski definition) is 2. The van der Waals surface area contributed by atoms with Crippen molar-refractivity contribution in [2.24, 2.45) is 0 Å². The Morgan fingerprint density at radius 2 is 0.915 bits per heavy atom. The summed E-state index contributed by atoms with van der Waals surface area (Å²) in [5.41, 5.74) is 19.3. The summed E-state index contributed by atoms with van der Waals surface area (Å²) in [7, 11) is 0. The minimum atomic E-state index is -0.308. The topological polar surface area (TPSA) is 3.24 Å². The van der Waals surface area contributed by atoms with Crippen LogP contribution in [0.4, 0.5) is 17.1 Å². The third-order valence-electron chi connectivity index (χ3n) is 15.5. The monoisotopic (exact) mass is 925 g/mol. The lowest BCUT2D eigenvalue weighted by molar-refractivity contribution is 0.660. The van der Waals surface area contributed by atoms with Crippen molar-refractivity contribution in [3.8, 4) is 44.5 Å². The van der Waals surface area contributed by atoms with Gasteiger partial charge in [0.05, 0.1) is 5.69 Å². The van der Waals surface area contributed by atoms with Gasteiger partial charge in [-0.3, -0.25) is 0 Å². The van der Waals surface area contributed by atoms with Crippen molar-refractivity contribution in [3.63, 3.8) is 0 Å². The van der Waals surface area contributed by atoms with E-state index in [1.807, 2.05) is 11.3 Å². The Morgan fingerprint density at radius 1 is 0.380 bits per heavy atom. The fourth-order valence-electron chi connectivity index (χ4n) is 11.8. The molecule has 0 aliphatic heterocycles. The van der Waals surface area contributed by atoms with Gasteiger partial charge in [0.2, 0.25) is 0 Å². The van der Waals surface area contributed by atoms with Crippen LogP contribution in [0.2, 0.25) is 0 Å². The van der Waals surface area contributed by atoms with E-state index in [2.05, 4.69) is 280 Å². The van der Waals surface area contributed by atoms with Crippen molar-refractivity contribution in [1.82, 2.24) is 0 Å². The van der Waals surface area contributed by atoms with Crippen LogP contribution < -0.4 is 4.90 Å². The highest BCUT2D eigenvalue weighted by Gasteiger charge is 2.36. The minimum Gasteiger partial charge on any atom is -0.310 e. The first kappa shape index (κ1) is 42.8. The van der Waals surface area contributed by atoms with E-state index in [1.54, 1.807) is 0 Å². The van der Waals surface area contributed by atoms with Crippen molar-refractivity contribution in [2.45, 2.75) is 31.6 Å². The smallest absolute Gasteiger partial charge is 0.0546 e. The number of nitrogens with zero attached hydrogens (tertiary/aromatic N) is 1. The Labute approximate surface area is 420 Å². The maximum atomic E-state index is 2.51. The van der Waals surface area contributed by atoms with Gasteiger partial charge < -0.3 is 4.90 Å². The molecule has 13 rings (SSSR count). The molecule has 0 radical (unpaired) electrons. The molecule has 1 nitrogen and oxygen atoms in total. The second-order valence-electron chi connectivity index (χ2n) is 19.7. The van der Waals surface area contributed by atoms with Crippen LogP contribution in [0.25, 0.3) is 75.5 Å². The lowest BCUT2D eigenvalue weighted by atomic mass is 9.71. The lowest BCUT2D eigenvalue weighted by Gasteiger charge is -2.32. The molecule has 0 saturated carbocycles. The van der Waals surface area contributed by atoms with E-state index >= 15 is 0 Å². The largest absolute Gasteiger partial charge is 0.310 e. The number of rotatable bonds is 9. The van der Waals surface area contributed by atoms with Crippen LogP contribution in [-0.4, -0.2) is 0 Å². The highest BCUT2D eigenvalue weighted by Crippen LogP contribution is 2.53. The van der Waals surface area contributed by atoms with Gasteiger partial charge >= 0.3 is 0 Å². The lowest BCUT2D eigenvalue weighted by Crippen LogP contribution is -2.25. The van der Waals surface area contributed by atoms with E-state index in [0.29, 0.717) is 0 Å². The Hall–Kier alpha value is -8.30. The normalized spacial score (nSPS) is 12.8. The molecule has 1 heterocycles. The van der Waals surface area contributed by atoms with Gasteiger partial charge in [-0.25, -0.2) is 0 Å². The van der Waals surface area contributed by atoms with Gasteiger partial charge in [-0.15, -0.1) is 11.3 Å². The molecule has 1 aliphatic rings. The quantitative estimate of drug-likeness (QED) is 0.130. The molecule has 0 atom stereocenters. The fourth-order valence-corrected chi connectivity index (χ4v) is 12.9. The summed E-state index contributed by atoms with van der Waals surface area (Å²) >= 11 is 1.87. The van der Waals surface area contributed by atoms with Crippen LogP contribution in [0.3, 0.4) is 0 Å². The second-order valence-corrected chi connectivity index (χ2v) is 20.8. The molecule has 12 aromatic rings. The zero-order chi connectivity index (χ0) is 47.7. The summed E-state index contributed by atoms with van der Waals surface area (Å²) in [5.74, 6) is 0. The van der Waals surface area contributed by atoms with Crippen LogP contribution in [0.15, 0.2) is 255 Å². The second kappa shape index (κ2) is 17.0. The molecule has 0 spiro atoms. The van der Waals surface area contributed by atoms with Crippen molar-refractivity contribution in [1.29, 1.82) is 0 Å². The Balaban J connectivity index is 0.991. The average Bonchev–Trinajstić information content (AvgIpc) is 3.93. The first-order chi connectivity index (χ1) is 34.9. The molecule has 2 heteroatoms. The Morgan fingerprint density at radius 3 is 1.65 bits per heavy atom. The van der Waals surface area contributed by atoms with Gasteiger partial charge in [0.1, 0.15) is 0 Å². The third-order valence-corrected chi connectivity index (χ3v) is 16.6. The highest BCUT2D eigenvalue weighted by molar-refractivity contribution is 7.25. The van der Waals surface area contributed by atoms with Crippen LogP contribution >= 0.6 is 11.3 Å². The van der Waals surface area contributed by atoms with Gasteiger partial charge in [-0.2, -0.15) is 0 Å². The van der Waals surface area contributed by atoms with Gasteiger partial charge in [0.15, 0.2) is 0 Å². The van der Waals surface area contributed by atoms with Crippen molar-refractivity contribution in [3.05, 3.63) is 283 Å².